The molecule has 0 saturated carbocycles. The Morgan fingerprint density at radius 2 is 1.54 bits per heavy atom. The number of hydrogen-bond donors (Lipinski definition) is 3. The lowest BCUT2D eigenvalue weighted by atomic mass is 10.2. The molecule has 0 spiro atoms. The molecule has 3 aromatic carbocycles. The minimum absolute atomic E-state index is 0.0495. The Kier molecular flexibility index (Phi) is 7.25. The molecule has 5 aromatic rings. The van der Waals surface area contributed by atoms with Crippen LogP contribution < -0.4 is 20.3 Å². The van der Waals surface area contributed by atoms with Crippen LogP contribution in [0.25, 0.3) is 17.1 Å². The van der Waals surface area contributed by atoms with Crippen LogP contribution in [0.1, 0.15) is 10.5 Å². The summed E-state index contributed by atoms with van der Waals surface area (Å²) in [5.41, 5.74) is 3.72. The van der Waals surface area contributed by atoms with Gasteiger partial charge < -0.3 is 10.1 Å². The summed E-state index contributed by atoms with van der Waals surface area (Å²) in [5, 5.41) is 15.4. The minimum atomic E-state index is -4.00. The molecule has 5 rings (SSSR count). The first-order valence-corrected chi connectivity index (χ1v) is 13.1. The van der Waals surface area contributed by atoms with Crippen LogP contribution in [-0.4, -0.2) is 46.4 Å². The maximum absolute atomic E-state index is 12.4. The Balaban J connectivity index is 1.28. The zero-order chi connectivity index (χ0) is 27.2. The smallest absolute Gasteiger partial charge is 0.286 e. The first kappa shape index (κ1) is 25.5. The van der Waals surface area contributed by atoms with Crippen LogP contribution in [0.15, 0.2) is 102 Å². The number of carbonyl (C=O) groups excluding carboxylic acids is 1. The number of nitrogens with one attached hydrogen (secondary N) is 3. The highest BCUT2D eigenvalue weighted by molar-refractivity contribution is 7.89. The van der Waals surface area contributed by atoms with Gasteiger partial charge in [-0.25, -0.2) is 13.1 Å². The van der Waals surface area contributed by atoms with E-state index >= 15 is 0 Å². The Bertz CT molecular complexity index is 1620. The van der Waals surface area contributed by atoms with Crippen LogP contribution >= 0.6 is 0 Å². The molecule has 0 saturated heterocycles. The Hall–Kier alpha value is -5.14. The molecule has 0 bridgehead atoms. The molecule has 0 unspecified atom stereocenters. The van der Waals surface area contributed by atoms with Crippen molar-refractivity contribution in [2.24, 2.45) is 0 Å². The zero-order valence-electron chi connectivity index (χ0n) is 20.5. The normalized spacial score (nSPS) is 11.1. The number of methoxy groups -OCH3 is 1. The van der Waals surface area contributed by atoms with Gasteiger partial charge in [-0.1, -0.05) is 48.5 Å². The highest BCUT2D eigenvalue weighted by Gasteiger charge is 2.18. The average Bonchev–Trinajstić information content (AvgIpc) is 3.41. The SMILES string of the molecule is COc1ccc(S(=O)(=O)NNC(=O)c2ccc(Nc3nc(-c4ccccc4)n(-c4ccccc4)n3)nn2)cc1. The number of anilines is 2. The van der Waals surface area contributed by atoms with Crippen molar-refractivity contribution < 1.29 is 17.9 Å². The molecule has 196 valence electrons. The van der Waals surface area contributed by atoms with Crippen molar-refractivity contribution in [2.45, 2.75) is 4.90 Å². The zero-order valence-corrected chi connectivity index (χ0v) is 21.3. The standard InChI is InChI=1S/C26H22N8O4S/c1-38-20-12-14-21(15-13-20)39(36,37)33-31-25(35)22-16-17-23(30-29-22)27-26-28-24(18-8-4-2-5-9-18)34(32-26)19-10-6-3-7-11-19/h2-17,33H,1H3,(H,31,35)(H,27,30,32). The van der Waals surface area contributed by atoms with E-state index in [1.807, 2.05) is 65.5 Å². The quantitative estimate of drug-likeness (QED) is 0.239. The minimum Gasteiger partial charge on any atom is -0.497 e. The van der Waals surface area contributed by atoms with E-state index in [4.69, 9.17) is 4.74 Å². The predicted octanol–water partition coefficient (Wildman–Crippen LogP) is 3.10. The molecule has 2 aromatic heterocycles. The number of amides is 1. The van der Waals surface area contributed by atoms with Gasteiger partial charge in [-0.3, -0.25) is 10.2 Å². The lowest BCUT2D eigenvalue weighted by Gasteiger charge is -2.08. The summed E-state index contributed by atoms with van der Waals surface area (Å²) in [5.74, 6) is 0.897. The fraction of sp³-hybridized carbons (Fsp3) is 0.0385. The number of nitrogens with zero attached hydrogens (tertiary/aromatic N) is 5. The molecule has 0 aliphatic rings. The van der Waals surface area contributed by atoms with Crippen molar-refractivity contribution >= 4 is 27.7 Å². The van der Waals surface area contributed by atoms with Crippen LogP contribution in [-0.2, 0) is 10.0 Å². The van der Waals surface area contributed by atoms with Crippen molar-refractivity contribution in [1.82, 2.24) is 35.2 Å². The first-order chi connectivity index (χ1) is 18.9. The number of para-hydroxylation sites is 1. The third kappa shape index (κ3) is 5.89. The molecule has 3 N–H and O–H groups in total. The van der Waals surface area contributed by atoms with Crippen molar-refractivity contribution in [2.75, 3.05) is 12.4 Å². The van der Waals surface area contributed by atoms with Gasteiger partial charge >= 0.3 is 0 Å². The van der Waals surface area contributed by atoms with Gasteiger partial charge in [0.1, 0.15) is 5.75 Å². The van der Waals surface area contributed by atoms with Crippen molar-refractivity contribution in [3.63, 3.8) is 0 Å². The molecule has 2 heterocycles. The lowest BCUT2D eigenvalue weighted by molar-refractivity contribution is 0.0939. The maximum atomic E-state index is 12.4. The van der Waals surface area contributed by atoms with E-state index in [0.29, 0.717) is 11.6 Å². The number of sulfonamides is 1. The van der Waals surface area contributed by atoms with E-state index in [2.05, 4.69) is 31.0 Å². The number of rotatable bonds is 9. The molecule has 0 radical (unpaired) electrons. The second kappa shape index (κ2) is 11.1. The fourth-order valence-electron chi connectivity index (χ4n) is 3.51. The highest BCUT2D eigenvalue weighted by Crippen LogP contribution is 2.23. The molecular weight excluding hydrogens is 520 g/mol. The Morgan fingerprint density at radius 1 is 0.846 bits per heavy atom. The summed E-state index contributed by atoms with van der Waals surface area (Å²) in [6, 6.07) is 27.8. The summed E-state index contributed by atoms with van der Waals surface area (Å²) in [6.07, 6.45) is 0. The van der Waals surface area contributed by atoms with Gasteiger partial charge in [0.2, 0.25) is 5.95 Å². The molecular formula is C26H22N8O4S. The van der Waals surface area contributed by atoms with Gasteiger partial charge in [0.05, 0.1) is 17.7 Å². The largest absolute Gasteiger partial charge is 0.497 e. The number of hydrazine groups is 1. The van der Waals surface area contributed by atoms with E-state index in [0.717, 1.165) is 11.3 Å². The van der Waals surface area contributed by atoms with Gasteiger partial charge in [-0.05, 0) is 48.5 Å². The van der Waals surface area contributed by atoms with Crippen LogP contribution in [0.4, 0.5) is 11.8 Å². The van der Waals surface area contributed by atoms with Crippen molar-refractivity contribution in [3.05, 3.63) is 103 Å². The van der Waals surface area contributed by atoms with Crippen molar-refractivity contribution in [1.29, 1.82) is 0 Å². The lowest BCUT2D eigenvalue weighted by Crippen LogP contribution is -2.41. The Morgan fingerprint density at radius 3 is 2.18 bits per heavy atom. The molecule has 0 atom stereocenters. The molecule has 39 heavy (non-hydrogen) atoms. The highest BCUT2D eigenvalue weighted by atomic mass is 32.2. The van der Waals surface area contributed by atoms with Crippen molar-refractivity contribution in [3.8, 4) is 22.8 Å². The summed E-state index contributed by atoms with van der Waals surface area (Å²) >= 11 is 0. The molecule has 12 nitrogen and oxygen atoms in total. The van der Waals surface area contributed by atoms with Gasteiger partial charge in [0.25, 0.3) is 15.9 Å². The monoisotopic (exact) mass is 542 g/mol. The maximum Gasteiger partial charge on any atom is 0.286 e. The number of benzene rings is 3. The number of ether oxygens (including phenoxy) is 1. The van der Waals surface area contributed by atoms with Gasteiger partial charge in [-0.15, -0.1) is 20.1 Å². The molecule has 0 fully saturated rings. The molecule has 13 heteroatoms. The first-order valence-electron chi connectivity index (χ1n) is 11.6. The van der Waals surface area contributed by atoms with E-state index in [-0.39, 0.29) is 22.4 Å². The summed E-state index contributed by atoms with van der Waals surface area (Å²) in [6.45, 7) is 0. The second-order valence-corrected chi connectivity index (χ2v) is 9.72. The van der Waals surface area contributed by atoms with E-state index in [9.17, 15) is 13.2 Å². The third-order valence-electron chi connectivity index (χ3n) is 5.45. The van der Waals surface area contributed by atoms with E-state index in [1.54, 1.807) is 4.68 Å². The van der Waals surface area contributed by atoms with Crippen LogP contribution in [0.5, 0.6) is 5.75 Å². The number of hydrogen-bond acceptors (Lipinski definition) is 9. The van der Waals surface area contributed by atoms with Crippen LogP contribution in [0.2, 0.25) is 0 Å². The van der Waals surface area contributed by atoms with E-state index in [1.165, 1.54) is 43.5 Å². The Labute approximate surface area is 223 Å². The average molecular weight is 543 g/mol. The topological polar surface area (TPSA) is 153 Å². The predicted molar refractivity (Wildman–Crippen MR) is 143 cm³/mol. The second-order valence-electron chi connectivity index (χ2n) is 8.04. The summed E-state index contributed by atoms with van der Waals surface area (Å²) in [4.78, 5) is 19.0. The third-order valence-corrected chi connectivity index (χ3v) is 6.71. The number of carbonyl (C=O) groups is 1. The van der Waals surface area contributed by atoms with E-state index < -0.39 is 15.9 Å². The molecule has 1 amide bonds. The summed E-state index contributed by atoms with van der Waals surface area (Å²) in [7, 11) is -2.53. The van der Waals surface area contributed by atoms with Gasteiger partial charge in [0, 0.05) is 5.56 Å². The molecule has 0 aliphatic carbocycles. The van der Waals surface area contributed by atoms with Gasteiger partial charge in [-0.2, -0.15) is 4.98 Å². The summed E-state index contributed by atoms with van der Waals surface area (Å²) < 4.78 is 31.6. The van der Waals surface area contributed by atoms with Gasteiger partial charge in [0.15, 0.2) is 17.3 Å². The van der Waals surface area contributed by atoms with Crippen LogP contribution in [0.3, 0.4) is 0 Å². The molecule has 0 aliphatic heterocycles. The number of aromatic nitrogens is 5. The van der Waals surface area contributed by atoms with Crippen LogP contribution in [0, 0.1) is 0 Å². The fourth-order valence-corrected chi connectivity index (χ4v) is 4.35.